The summed E-state index contributed by atoms with van der Waals surface area (Å²) in [6.07, 6.45) is 0. The van der Waals surface area contributed by atoms with Crippen LogP contribution in [-0.4, -0.2) is 31.5 Å². The van der Waals surface area contributed by atoms with Gasteiger partial charge in [0.1, 0.15) is 5.75 Å². The maximum absolute atomic E-state index is 12.1. The molecule has 0 radical (unpaired) electrons. The van der Waals surface area contributed by atoms with Crippen LogP contribution in [0.25, 0.3) is 0 Å². The molecule has 1 aliphatic heterocycles. The molecule has 2 rings (SSSR count). The van der Waals surface area contributed by atoms with Crippen LogP contribution in [0, 0.1) is 11.8 Å². The maximum atomic E-state index is 12.1. The summed E-state index contributed by atoms with van der Waals surface area (Å²) < 4.78 is 5.15. The number of nitrogens with two attached hydrogens (primary N) is 1. The minimum absolute atomic E-state index is 0.000730. The SMILES string of the molecule is C[C@@H]1CNC[C@H]1C(=O)Nc1ccc(OCC(N)=O)cc1. The van der Waals surface area contributed by atoms with Crippen LogP contribution in [0.4, 0.5) is 5.69 Å². The lowest BCUT2D eigenvalue weighted by atomic mass is 9.97. The van der Waals surface area contributed by atoms with Crippen molar-refractivity contribution in [2.45, 2.75) is 6.92 Å². The topological polar surface area (TPSA) is 93.4 Å². The van der Waals surface area contributed by atoms with Gasteiger partial charge in [-0.1, -0.05) is 6.92 Å². The smallest absolute Gasteiger partial charge is 0.255 e. The van der Waals surface area contributed by atoms with Crippen LogP contribution in [0.1, 0.15) is 6.92 Å². The molecule has 4 N–H and O–H groups in total. The van der Waals surface area contributed by atoms with Crippen molar-refractivity contribution in [2.24, 2.45) is 17.6 Å². The largest absolute Gasteiger partial charge is 0.484 e. The molecule has 108 valence electrons. The first-order valence-electron chi connectivity index (χ1n) is 6.59. The van der Waals surface area contributed by atoms with E-state index in [1.807, 2.05) is 0 Å². The van der Waals surface area contributed by atoms with Crippen LogP contribution < -0.4 is 21.1 Å². The van der Waals surface area contributed by atoms with Crippen molar-refractivity contribution in [1.82, 2.24) is 5.32 Å². The Labute approximate surface area is 117 Å². The van der Waals surface area contributed by atoms with Crippen LogP contribution >= 0.6 is 0 Å². The number of benzene rings is 1. The van der Waals surface area contributed by atoms with Gasteiger partial charge in [-0.25, -0.2) is 0 Å². The van der Waals surface area contributed by atoms with Crippen molar-refractivity contribution < 1.29 is 14.3 Å². The van der Waals surface area contributed by atoms with Gasteiger partial charge in [0.15, 0.2) is 6.61 Å². The van der Waals surface area contributed by atoms with Gasteiger partial charge in [-0.2, -0.15) is 0 Å². The predicted octanol–water partition coefficient (Wildman–Crippen LogP) is 0.345. The summed E-state index contributed by atoms with van der Waals surface area (Å²) in [5.74, 6) is 0.380. The van der Waals surface area contributed by atoms with Gasteiger partial charge in [-0.15, -0.1) is 0 Å². The molecule has 0 aliphatic carbocycles. The summed E-state index contributed by atoms with van der Waals surface area (Å²) in [7, 11) is 0. The highest BCUT2D eigenvalue weighted by molar-refractivity contribution is 5.93. The molecule has 2 atom stereocenters. The number of anilines is 1. The van der Waals surface area contributed by atoms with E-state index in [0.29, 0.717) is 23.9 Å². The maximum Gasteiger partial charge on any atom is 0.255 e. The summed E-state index contributed by atoms with van der Waals surface area (Å²) >= 11 is 0. The van der Waals surface area contributed by atoms with Crippen molar-refractivity contribution in [1.29, 1.82) is 0 Å². The predicted molar refractivity (Wildman–Crippen MR) is 75.3 cm³/mol. The zero-order valence-electron chi connectivity index (χ0n) is 11.4. The van der Waals surface area contributed by atoms with E-state index in [0.717, 1.165) is 6.54 Å². The third kappa shape index (κ3) is 3.71. The summed E-state index contributed by atoms with van der Waals surface area (Å²) in [5.41, 5.74) is 5.70. The first-order chi connectivity index (χ1) is 9.56. The summed E-state index contributed by atoms with van der Waals surface area (Å²) in [5, 5.41) is 6.08. The summed E-state index contributed by atoms with van der Waals surface area (Å²) in [6.45, 7) is 3.49. The third-order valence-electron chi connectivity index (χ3n) is 3.36. The zero-order chi connectivity index (χ0) is 14.5. The Bertz CT molecular complexity index is 487. The van der Waals surface area contributed by atoms with Crippen LogP contribution in [0.2, 0.25) is 0 Å². The van der Waals surface area contributed by atoms with Crippen molar-refractivity contribution in [3.05, 3.63) is 24.3 Å². The highest BCUT2D eigenvalue weighted by atomic mass is 16.5. The number of amides is 2. The monoisotopic (exact) mass is 277 g/mol. The van der Waals surface area contributed by atoms with Crippen molar-refractivity contribution in [3.63, 3.8) is 0 Å². The van der Waals surface area contributed by atoms with E-state index in [2.05, 4.69) is 17.6 Å². The number of carbonyl (C=O) groups excluding carboxylic acids is 2. The number of hydrogen-bond donors (Lipinski definition) is 3. The second kappa shape index (κ2) is 6.38. The van der Waals surface area contributed by atoms with E-state index >= 15 is 0 Å². The molecule has 0 saturated carbocycles. The number of ether oxygens (including phenoxy) is 1. The highest BCUT2D eigenvalue weighted by Gasteiger charge is 2.29. The fraction of sp³-hybridized carbons (Fsp3) is 0.429. The first kappa shape index (κ1) is 14.3. The molecule has 1 aliphatic rings. The molecule has 20 heavy (non-hydrogen) atoms. The lowest BCUT2D eigenvalue weighted by Crippen LogP contribution is -2.27. The second-order valence-corrected chi connectivity index (χ2v) is 5.01. The van der Waals surface area contributed by atoms with E-state index in [4.69, 9.17) is 10.5 Å². The Morgan fingerprint density at radius 2 is 2.05 bits per heavy atom. The van der Waals surface area contributed by atoms with Crippen LogP contribution in [0.3, 0.4) is 0 Å². The molecular formula is C14H19N3O3. The van der Waals surface area contributed by atoms with Gasteiger partial charge in [-0.05, 0) is 36.7 Å². The van der Waals surface area contributed by atoms with Gasteiger partial charge in [0.25, 0.3) is 5.91 Å². The Hall–Kier alpha value is -2.08. The summed E-state index contributed by atoms with van der Waals surface area (Å²) in [6, 6.07) is 6.85. The average molecular weight is 277 g/mol. The van der Waals surface area contributed by atoms with Gasteiger partial charge >= 0.3 is 0 Å². The van der Waals surface area contributed by atoms with Crippen molar-refractivity contribution in [2.75, 3.05) is 25.0 Å². The van der Waals surface area contributed by atoms with Gasteiger partial charge < -0.3 is 21.1 Å². The minimum Gasteiger partial charge on any atom is -0.484 e. The number of nitrogens with one attached hydrogen (secondary N) is 2. The molecular weight excluding hydrogens is 258 g/mol. The van der Waals surface area contributed by atoms with Crippen LogP contribution in [-0.2, 0) is 9.59 Å². The van der Waals surface area contributed by atoms with E-state index < -0.39 is 5.91 Å². The quantitative estimate of drug-likeness (QED) is 0.723. The number of rotatable bonds is 5. The summed E-state index contributed by atoms with van der Waals surface area (Å²) in [4.78, 5) is 22.7. The molecule has 1 saturated heterocycles. The lowest BCUT2D eigenvalue weighted by Gasteiger charge is -2.14. The minimum atomic E-state index is -0.523. The third-order valence-corrected chi connectivity index (χ3v) is 3.36. The van der Waals surface area contributed by atoms with Crippen molar-refractivity contribution >= 4 is 17.5 Å². The van der Waals surface area contributed by atoms with Crippen LogP contribution in [0.5, 0.6) is 5.75 Å². The molecule has 1 aromatic rings. The van der Waals surface area contributed by atoms with Crippen molar-refractivity contribution in [3.8, 4) is 5.75 Å². The Kier molecular flexibility index (Phi) is 4.57. The van der Waals surface area contributed by atoms with Crippen LogP contribution in [0.15, 0.2) is 24.3 Å². The molecule has 1 fully saturated rings. The molecule has 6 nitrogen and oxygen atoms in total. The lowest BCUT2D eigenvalue weighted by molar-refractivity contribution is -0.120. The highest BCUT2D eigenvalue weighted by Crippen LogP contribution is 2.20. The van der Waals surface area contributed by atoms with E-state index in [-0.39, 0.29) is 18.4 Å². The molecule has 6 heteroatoms. The molecule has 0 aromatic heterocycles. The Morgan fingerprint density at radius 3 is 2.60 bits per heavy atom. The van der Waals surface area contributed by atoms with E-state index in [1.165, 1.54) is 0 Å². The zero-order valence-corrected chi connectivity index (χ0v) is 11.4. The van der Waals surface area contributed by atoms with Gasteiger partial charge in [0.05, 0.1) is 5.92 Å². The van der Waals surface area contributed by atoms with E-state index in [9.17, 15) is 9.59 Å². The Morgan fingerprint density at radius 1 is 1.35 bits per heavy atom. The molecule has 1 aromatic carbocycles. The van der Waals surface area contributed by atoms with Gasteiger partial charge in [-0.3, -0.25) is 9.59 Å². The molecule has 0 spiro atoms. The standard InChI is InChI=1S/C14H19N3O3/c1-9-6-16-7-12(9)14(19)17-10-2-4-11(5-3-10)20-8-13(15)18/h2-5,9,12,16H,6-8H2,1H3,(H2,15,18)(H,17,19)/t9-,12-/m1/s1. The normalized spacial score (nSPS) is 21.4. The molecule has 0 bridgehead atoms. The molecule has 1 heterocycles. The van der Waals surface area contributed by atoms with Gasteiger partial charge in [0, 0.05) is 12.2 Å². The number of primary amides is 1. The average Bonchev–Trinajstić information content (AvgIpc) is 2.84. The Balaban J connectivity index is 1.90. The number of hydrogen-bond acceptors (Lipinski definition) is 4. The van der Waals surface area contributed by atoms with Gasteiger partial charge in [0.2, 0.25) is 5.91 Å². The number of carbonyl (C=O) groups is 2. The fourth-order valence-electron chi connectivity index (χ4n) is 2.18. The van der Waals surface area contributed by atoms with E-state index in [1.54, 1.807) is 24.3 Å². The fourth-order valence-corrected chi connectivity index (χ4v) is 2.18. The molecule has 0 unspecified atom stereocenters. The first-order valence-corrected chi connectivity index (χ1v) is 6.59. The second-order valence-electron chi connectivity index (χ2n) is 5.01. The molecule has 2 amide bonds.